The van der Waals surface area contributed by atoms with Gasteiger partial charge in [-0.1, -0.05) is 39.1 Å². The van der Waals surface area contributed by atoms with E-state index in [2.05, 4.69) is 20.3 Å². The predicted octanol–water partition coefficient (Wildman–Crippen LogP) is 6.36. The molecule has 9 heteroatoms. The normalized spacial score (nSPS) is 15.3. The molecular weight excluding hydrogens is 489 g/mol. The molecule has 1 amide bonds. The van der Waals surface area contributed by atoms with E-state index < -0.39 is 0 Å². The smallest absolute Gasteiger partial charge is 0.253 e. The average molecular weight is 503 g/mol. The maximum Gasteiger partial charge on any atom is 0.253 e. The lowest BCUT2D eigenvalue weighted by Gasteiger charge is -2.31. The van der Waals surface area contributed by atoms with Gasteiger partial charge in [0.2, 0.25) is 0 Å². The van der Waals surface area contributed by atoms with Gasteiger partial charge < -0.3 is 4.90 Å². The summed E-state index contributed by atoms with van der Waals surface area (Å²) in [5.41, 5.74) is 1.56. The first-order chi connectivity index (χ1) is 13.0. The van der Waals surface area contributed by atoms with Gasteiger partial charge in [-0.2, -0.15) is 4.37 Å². The topological polar surface area (TPSA) is 46.1 Å². The molecule has 1 aliphatic heterocycles. The molecule has 3 aromatic rings. The lowest BCUT2D eigenvalue weighted by molar-refractivity contribution is 0.0713. The molecule has 0 spiro atoms. The molecule has 0 bridgehead atoms. The van der Waals surface area contributed by atoms with Crippen LogP contribution in [0, 0.1) is 0 Å². The van der Waals surface area contributed by atoms with Crippen molar-refractivity contribution in [2.75, 3.05) is 13.1 Å². The van der Waals surface area contributed by atoms with E-state index in [0.29, 0.717) is 16.1 Å². The number of nitrogens with zero attached hydrogens (tertiary/aromatic N) is 3. The lowest BCUT2D eigenvalue weighted by atomic mass is 9.97. The molecule has 3 heterocycles. The minimum Gasteiger partial charge on any atom is -0.339 e. The number of piperidine rings is 1. The van der Waals surface area contributed by atoms with Gasteiger partial charge in [0.1, 0.15) is 0 Å². The Hall–Kier alpha value is -0.990. The van der Waals surface area contributed by atoms with Crippen LogP contribution in [0.4, 0.5) is 0 Å². The highest BCUT2D eigenvalue weighted by Crippen LogP contribution is 2.39. The van der Waals surface area contributed by atoms with Crippen molar-refractivity contribution < 1.29 is 4.79 Å². The summed E-state index contributed by atoms with van der Waals surface area (Å²) < 4.78 is 5.04. The number of hydrogen-bond acceptors (Lipinski definition) is 5. The number of hydrogen-bond donors (Lipinski definition) is 0. The Labute approximate surface area is 183 Å². The summed E-state index contributed by atoms with van der Waals surface area (Å²) in [6.07, 6.45) is 1.82. The molecular formula is C18H14BrCl2N3OS2. The quantitative estimate of drug-likeness (QED) is 0.418. The Balaban J connectivity index is 1.41. The van der Waals surface area contributed by atoms with Crippen LogP contribution < -0.4 is 0 Å². The largest absolute Gasteiger partial charge is 0.339 e. The summed E-state index contributed by atoms with van der Waals surface area (Å²) in [5, 5.41) is 3.88. The molecule has 140 valence electrons. The molecule has 2 aromatic heterocycles. The number of benzene rings is 1. The summed E-state index contributed by atoms with van der Waals surface area (Å²) in [6, 6.07) is 7.51. The number of thiazole rings is 1. The standard InChI is InChI=1S/C18H14BrCl2N3OS2/c19-12-3-1-11(2-4-12)18(25)24-7-5-10(6-8-24)17-22-13(9-26-17)15-14(20)16(21)23-27-15/h1-4,9-10H,5-8H2. The van der Waals surface area contributed by atoms with Crippen molar-refractivity contribution >= 4 is 67.9 Å². The number of carbonyl (C=O) groups is 1. The highest BCUT2D eigenvalue weighted by Gasteiger charge is 2.27. The molecule has 4 rings (SSSR count). The summed E-state index contributed by atoms with van der Waals surface area (Å²) in [5.74, 6) is 0.451. The first kappa shape index (κ1) is 19.3. The van der Waals surface area contributed by atoms with Crippen LogP contribution in [0.1, 0.15) is 34.1 Å². The molecule has 1 fully saturated rings. The van der Waals surface area contributed by atoms with Crippen molar-refractivity contribution in [1.29, 1.82) is 0 Å². The van der Waals surface area contributed by atoms with Gasteiger partial charge in [-0.25, -0.2) is 4.98 Å². The molecule has 0 N–H and O–H groups in total. The second-order valence-corrected chi connectivity index (χ2v) is 9.58. The molecule has 1 saturated heterocycles. The van der Waals surface area contributed by atoms with Gasteiger partial charge in [-0.15, -0.1) is 11.3 Å². The van der Waals surface area contributed by atoms with Crippen LogP contribution >= 0.6 is 62.0 Å². The van der Waals surface area contributed by atoms with Crippen molar-refractivity contribution in [1.82, 2.24) is 14.3 Å². The van der Waals surface area contributed by atoms with Crippen LogP contribution in [0.25, 0.3) is 10.6 Å². The second-order valence-electron chi connectivity index (χ2n) is 6.26. The molecule has 27 heavy (non-hydrogen) atoms. The molecule has 0 aliphatic carbocycles. The zero-order valence-electron chi connectivity index (χ0n) is 14.0. The van der Waals surface area contributed by atoms with Crippen molar-refractivity contribution in [2.24, 2.45) is 0 Å². The van der Waals surface area contributed by atoms with Gasteiger partial charge in [0.15, 0.2) is 5.15 Å². The Morgan fingerprint density at radius 2 is 1.89 bits per heavy atom. The number of aromatic nitrogens is 2. The summed E-state index contributed by atoms with van der Waals surface area (Å²) in [7, 11) is 0. The van der Waals surface area contributed by atoms with Crippen LogP contribution in [-0.4, -0.2) is 33.3 Å². The van der Waals surface area contributed by atoms with Crippen LogP contribution in [0.15, 0.2) is 34.1 Å². The summed E-state index contributed by atoms with van der Waals surface area (Å²) in [4.78, 5) is 20.1. The maximum absolute atomic E-state index is 12.6. The fourth-order valence-corrected chi connectivity index (χ4v) is 5.61. The third kappa shape index (κ3) is 4.07. The van der Waals surface area contributed by atoms with Gasteiger partial charge in [-0.3, -0.25) is 4.79 Å². The predicted molar refractivity (Wildman–Crippen MR) is 115 cm³/mol. The molecule has 0 radical (unpaired) electrons. The van der Waals surface area contributed by atoms with Gasteiger partial charge in [-0.05, 0) is 48.6 Å². The van der Waals surface area contributed by atoms with E-state index in [0.717, 1.165) is 51.5 Å². The van der Waals surface area contributed by atoms with E-state index in [4.69, 9.17) is 28.2 Å². The van der Waals surface area contributed by atoms with Gasteiger partial charge in [0.25, 0.3) is 5.91 Å². The van der Waals surface area contributed by atoms with Crippen molar-refractivity contribution in [2.45, 2.75) is 18.8 Å². The fourth-order valence-electron chi connectivity index (χ4n) is 3.10. The number of amides is 1. The lowest BCUT2D eigenvalue weighted by Crippen LogP contribution is -2.37. The van der Waals surface area contributed by atoms with Gasteiger partial charge >= 0.3 is 0 Å². The molecule has 0 unspecified atom stereocenters. The first-order valence-corrected chi connectivity index (χ1v) is 11.5. The van der Waals surface area contributed by atoms with Crippen LogP contribution in [0.2, 0.25) is 10.2 Å². The van der Waals surface area contributed by atoms with E-state index in [1.54, 1.807) is 11.3 Å². The van der Waals surface area contributed by atoms with E-state index in [1.165, 1.54) is 11.5 Å². The first-order valence-electron chi connectivity index (χ1n) is 8.34. The number of likely N-dealkylation sites (tertiary alicyclic amines) is 1. The molecule has 1 aromatic carbocycles. The third-order valence-corrected chi connectivity index (χ3v) is 7.93. The van der Waals surface area contributed by atoms with E-state index in [9.17, 15) is 4.79 Å². The van der Waals surface area contributed by atoms with Gasteiger partial charge in [0, 0.05) is 34.4 Å². The van der Waals surface area contributed by atoms with Crippen LogP contribution in [-0.2, 0) is 0 Å². The van der Waals surface area contributed by atoms with E-state index in [-0.39, 0.29) is 5.91 Å². The van der Waals surface area contributed by atoms with Crippen molar-refractivity contribution in [3.63, 3.8) is 0 Å². The summed E-state index contributed by atoms with van der Waals surface area (Å²) in [6.45, 7) is 1.48. The third-order valence-electron chi connectivity index (χ3n) is 4.57. The Bertz CT molecular complexity index is 965. The average Bonchev–Trinajstić information content (AvgIpc) is 3.29. The zero-order chi connectivity index (χ0) is 19.0. The SMILES string of the molecule is O=C(c1ccc(Br)cc1)N1CCC(c2nc(-c3snc(Cl)c3Cl)cs2)CC1. The highest BCUT2D eigenvalue weighted by atomic mass is 79.9. The monoisotopic (exact) mass is 501 g/mol. The van der Waals surface area contributed by atoms with Gasteiger partial charge in [0.05, 0.1) is 20.6 Å². The second kappa shape index (κ2) is 8.17. The molecule has 0 atom stereocenters. The maximum atomic E-state index is 12.6. The zero-order valence-corrected chi connectivity index (χ0v) is 18.7. The molecule has 0 saturated carbocycles. The molecule has 4 nitrogen and oxygen atoms in total. The number of carbonyl (C=O) groups excluding carboxylic acids is 1. The number of rotatable bonds is 3. The van der Waals surface area contributed by atoms with Crippen LogP contribution in [0.5, 0.6) is 0 Å². The fraction of sp³-hybridized carbons (Fsp3) is 0.278. The van der Waals surface area contributed by atoms with E-state index in [1.807, 2.05) is 34.5 Å². The highest BCUT2D eigenvalue weighted by molar-refractivity contribution is 9.10. The Kier molecular flexibility index (Phi) is 5.85. The van der Waals surface area contributed by atoms with Crippen molar-refractivity contribution in [3.05, 3.63) is 54.9 Å². The van der Waals surface area contributed by atoms with E-state index >= 15 is 0 Å². The minimum absolute atomic E-state index is 0.0897. The minimum atomic E-state index is 0.0897. The number of halogens is 3. The van der Waals surface area contributed by atoms with Crippen molar-refractivity contribution in [3.8, 4) is 10.6 Å². The Morgan fingerprint density at radius 3 is 2.52 bits per heavy atom. The van der Waals surface area contributed by atoms with Crippen LogP contribution in [0.3, 0.4) is 0 Å². The summed E-state index contributed by atoms with van der Waals surface area (Å²) >= 11 is 18.4. The molecule has 1 aliphatic rings. The Morgan fingerprint density at radius 1 is 1.19 bits per heavy atom.